The minimum atomic E-state index is -0.146. The Labute approximate surface area is 179 Å². The Hall–Kier alpha value is -2.92. The van der Waals surface area contributed by atoms with Crippen LogP contribution >= 0.6 is 15.9 Å². The number of hydrogen-bond acceptors (Lipinski definition) is 3. The first kappa shape index (κ1) is 20.8. The molecule has 0 radical (unpaired) electrons. The summed E-state index contributed by atoms with van der Waals surface area (Å²) >= 11 is 3.52. The monoisotopic (exact) mass is 450 g/mol. The van der Waals surface area contributed by atoms with Gasteiger partial charge in [-0.1, -0.05) is 61.5 Å². The highest BCUT2D eigenvalue weighted by Gasteiger charge is 2.04. The quantitative estimate of drug-likeness (QED) is 0.374. The van der Waals surface area contributed by atoms with Crippen LogP contribution in [0.5, 0.6) is 5.75 Å². The molecule has 3 aromatic rings. The van der Waals surface area contributed by atoms with E-state index in [4.69, 9.17) is 4.74 Å². The normalized spacial score (nSPS) is 10.8. The first-order valence-corrected chi connectivity index (χ1v) is 10.3. The maximum Gasteiger partial charge on any atom is 0.244 e. The molecule has 4 nitrogen and oxygen atoms in total. The number of ether oxygens (including phenoxy) is 1. The van der Waals surface area contributed by atoms with E-state index in [1.807, 2.05) is 72.8 Å². The van der Waals surface area contributed by atoms with Crippen LogP contribution in [0.1, 0.15) is 29.2 Å². The van der Waals surface area contributed by atoms with Gasteiger partial charge in [-0.25, -0.2) is 5.43 Å². The lowest BCUT2D eigenvalue weighted by molar-refractivity contribution is -0.120. The first-order valence-electron chi connectivity index (χ1n) is 9.50. The van der Waals surface area contributed by atoms with E-state index in [0.29, 0.717) is 13.0 Å². The lowest BCUT2D eigenvalue weighted by Gasteiger charge is -2.08. The van der Waals surface area contributed by atoms with E-state index < -0.39 is 0 Å². The molecule has 0 aliphatic carbocycles. The Morgan fingerprint density at radius 3 is 2.41 bits per heavy atom. The van der Waals surface area contributed by atoms with Crippen LogP contribution in [0.15, 0.2) is 82.4 Å². The van der Waals surface area contributed by atoms with Crippen LogP contribution < -0.4 is 10.2 Å². The number of hydrogen-bond donors (Lipinski definition) is 1. The highest BCUT2D eigenvalue weighted by molar-refractivity contribution is 9.10. The summed E-state index contributed by atoms with van der Waals surface area (Å²) in [7, 11) is 0. The molecule has 29 heavy (non-hydrogen) atoms. The fourth-order valence-electron chi connectivity index (χ4n) is 2.75. The maximum atomic E-state index is 12.0. The van der Waals surface area contributed by atoms with Crippen LogP contribution in [0.3, 0.4) is 0 Å². The Morgan fingerprint density at radius 2 is 1.72 bits per heavy atom. The molecular weight excluding hydrogens is 428 g/mol. The van der Waals surface area contributed by atoms with Crippen LogP contribution in [-0.2, 0) is 24.2 Å². The summed E-state index contributed by atoms with van der Waals surface area (Å²) in [4.78, 5) is 12.0. The van der Waals surface area contributed by atoms with Crippen LogP contribution in [0, 0.1) is 0 Å². The number of aryl methyl sites for hydroxylation is 1. The maximum absolute atomic E-state index is 12.0. The lowest BCUT2D eigenvalue weighted by Crippen LogP contribution is -2.19. The number of benzene rings is 3. The molecule has 1 N–H and O–H groups in total. The van der Waals surface area contributed by atoms with Gasteiger partial charge in [0.1, 0.15) is 12.4 Å². The lowest BCUT2D eigenvalue weighted by atomic mass is 10.1. The molecule has 0 saturated heterocycles. The van der Waals surface area contributed by atoms with Gasteiger partial charge < -0.3 is 4.74 Å². The summed E-state index contributed by atoms with van der Waals surface area (Å²) < 4.78 is 6.68. The van der Waals surface area contributed by atoms with Crippen molar-refractivity contribution in [3.8, 4) is 5.75 Å². The molecule has 0 spiro atoms. The molecule has 0 aliphatic rings. The Kier molecular flexibility index (Phi) is 7.59. The summed E-state index contributed by atoms with van der Waals surface area (Å²) in [5.74, 6) is 0.609. The minimum absolute atomic E-state index is 0.146. The van der Waals surface area contributed by atoms with Gasteiger partial charge in [0, 0.05) is 0 Å². The average molecular weight is 451 g/mol. The molecule has 0 fully saturated rings. The molecule has 0 heterocycles. The Morgan fingerprint density at radius 1 is 1.00 bits per heavy atom. The smallest absolute Gasteiger partial charge is 0.244 e. The molecule has 1 amide bonds. The van der Waals surface area contributed by atoms with Crippen LogP contribution in [0.4, 0.5) is 0 Å². The highest BCUT2D eigenvalue weighted by Crippen LogP contribution is 2.26. The largest absolute Gasteiger partial charge is 0.488 e. The SMILES string of the molecule is CCc1ccc(CC(=O)N/N=C/c2ccc(OCc3ccccc3)c(Br)c2)cc1. The van der Waals surface area contributed by atoms with Gasteiger partial charge in [0.2, 0.25) is 5.91 Å². The van der Waals surface area contributed by atoms with Crippen molar-refractivity contribution in [3.05, 3.63) is 99.5 Å². The Balaban J connectivity index is 1.50. The third-order valence-corrected chi connectivity index (χ3v) is 5.01. The van der Waals surface area contributed by atoms with Crippen molar-refractivity contribution < 1.29 is 9.53 Å². The average Bonchev–Trinajstić information content (AvgIpc) is 2.74. The Bertz CT molecular complexity index is 970. The predicted molar refractivity (Wildman–Crippen MR) is 120 cm³/mol. The van der Waals surface area contributed by atoms with E-state index >= 15 is 0 Å². The fraction of sp³-hybridized carbons (Fsp3) is 0.167. The summed E-state index contributed by atoms with van der Waals surface area (Å²) in [5, 5.41) is 4.05. The van der Waals surface area contributed by atoms with E-state index in [1.54, 1.807) is 6.21 Å². The zero-order valence-electron chi connectivity index (χ0n) is 16.3. The summed E-state index contributed by atoms with van der Waals surface area (Å²) in [6.45, 7) is 2.61. The van der Waals surface area contributed by atoms with Crippen molar-refractivity contribution in [2.75, 3.05) is 0 Å². The van der Waals surface area contributed by atoms with E-state index in [2.05, 4.69) is 33.4 Å². The van der Waals surface area contributed by atoms with Crippen molar-refractivity contribution in [2.45, 2.75) is 26.4 Å². The van der Waals surface area contributed by atoms with Crippen molar-refractivity contribution in [1.82, 2.24) is 5.43 Å². The third-order valence-electron chi connectivity index (χ3n) is 4.39. The van der Waals surface area contributed by atoms with Gasteiger partial charge in [0.05, 0.1) is 17.1 Å². The highest BCUT2D eigenvalue weighted by atomic mass is 79.9. The summed E-state index contributed by atoms with van der Waals surface area (Å²) in [6, 6.07) is 23.7. The van der Waals surface area contributed by atoms with E-state index in [-0.39, 0.29) is 5.91 Å². The second-order valence-corrected chi connectivity index (χ2v) is 7.46. The standard InChI is InChI=1S/C24H23BrN2O2/c1-2-18-8-10-19(11-9-18)15-24(28)27-26-16-21-12-13-23(22(25)14-21)29-17-20-6-4-3-5-7-20/h3-14,16H,2,15,17H2,1H3,(H,27,28)/b26-16+. The van der Waals surface area contributed by atoms with E-state index in [1.165, 1.54) is 5.56 Å². The molecule has 0 aromatic heterocycles. The fourth-order valence-corrected chi connectivity index (χ4v) is 3.26. The minimum Gasteiger partial charge on any atom is -0.488 e. The van der Waals surface area contributed by atoms with Crippen LogP contribution in [0.2, 0.25) is 0 Å². The molecule has 3 rings (SSSR count). The summed E-state index contributed by atoms with van der Waals surface area (Å²) in [5.41, 5.74) is 6.77. The number of nitrogens with zero attached hydrogens (tertiary/aromatic N) is 1. The van der Waals surface area contributed by atoms with Crippen molar-refractivity contribution in [3.63, 3.8) is 0 Å². The van der Waals surface area contributed by atoms with Gasteiger partial charge in [0.15, 0.2) is 0 Å². The number of carbonyl (C=O) groups is 1. The molecule has 5 heteroatoms. The van der Waals surface area contributed by atoms with Crippen molar-refractivity contribution in [1.29, 1.82) is 0 Å². The predicted octanol–water partition coefficient (Wildman–Crippen LogP) is 5.28. The van der Waals surface area contributed by atoms with Gasteiger partial charge >= 0.3 is 0 Å². The van der Waals surface area contributed by atoms with Gasteiger partial charge in [-0.3, -0.25) is 4.79 Å². The second kappa shape index (κ2) is 10.6. The van der Waals surface area contributed by atoms with E-state index in [9.17, 15) is 4.79 Å². The van der Waals surface area contributed by atoms with Gasteiger partial charge in [-0.15, -0.1) is 0 Å². The summed E-state index contributed by atoms with van der Waals surface area (Å²) in [6.07, 6.45) is 2.91. The molecule has 3 aromatic carbocycles. The molecule has 0 atom stereocenters. The number of carbonyl (C=O) groups excluding carboxylic acids is 1. The third kappa shape index (κ3) is 6.57. The number of rotatable bonds is 8. The van der Waals surface area contributed by atoms with Crippen molar-refractivity contribution in [2.24, 2.45) is 5.10 Å². The number of hydrazone groups is 1. The topological polar surface area (TPSA) is 50.7 Å². The van der Waals surface area contributed by atoms with Crippen molar-refractivity contribution >= 4 is 28.1 Å². The molecule has 0 saturated carbocycles. The molecule has 0 bridgehead atoms. The number of amides is 1. The van der Waals surface area contributed by atoms with Crippen LogP contribution in [-0.4, -0.2) is 12.1 Å². The molecular formula is C24H23BrN2O2. The molecule has 148 valence electrons. The molecule has 0 aliphatic heterocycles. The zero-order chi connectivity index (χ0) is 20.5. The molecule has 0 unspecified atom stereocenters. The first-order chi connectivity index (χ1) is 14.1. The van der Waals surface area contributed by atoms with Gasteiger partial charge in [0.25, 0.3) is 0 Å². The number of nitrogens with one attached hydrogen (secondary N) is 1. The van der Waals surface area contributed by atoms with Gasteiger partial charge in [-0.2, -0.15) is 5.10 Å². The number of halogens is 1. The van der Waals surface area contributed by atoms with Gasteiger partial charge in [-0.05, 0) is 62.8 Å². The second-order valence-electron chi connectivity index (χ2n) is 6.60. The van der Waals surface area contributed by atoms with E-state index in [0.717, 1.165) is 33.3 Å². The zero-order valence-corrected chi connectivity index (χ0v) is 17.9. The van der Waals surface area contributed by atoms with Crippen LogP contribution in [0.25, 0.3) is 0 Å².